The number of carbonyl (C=O) groups is 2. The second-order valence-electron chi connectivity index (χ2n) is 6.05. The third-order valence-corrected chi connectivity index (χ3v) is 4.32. The average Bonchev–Trinajstić information content (AvgIpc) is 2.55. The Hall–Kier alpha value is -2.75. The fourth-order valence-corrected chi connectivity index (χ4v) is 3.21. The number of ketones is 1. The topological polar surface area (TPSA) is 46.2 Å². The van der Waals surface area contributed by atoms with Crippen molar-refractivity contribution in [3.05, 3.63) is 77.6 Å². The largest absolute Gasteiger partial charge is 0.326 e. The Labute approximate surface area is 140 Å². The van der Waals surface area contributed by atoms with Crippen LogP contribution in [0.25, 0.3) is 0 Å². The van der Waals surface area contributed by atoms with Crippen molar-refractivity contribution in [2.75, 3.05) is 5.32 Å². The minimum absolute atomic E-state index is 0.00872. The van der Waals surface area contributed by atoms with E-state index >= 15 is 0 Å². The van der Waals surface area contributed by atoms with E-state index in [1.54, 1.807) is 19.1 Å². The highest BCUT2D eigenvalue weighted by atomic mass is 19.1. The second kappa shape index (κ2) is 6.79. The molecule has 0 saturated heterocycles. The van der Waals surface area contributed by atoms with Gasteiger partial charge in [-0.3, -0.25) is 9.59 Å². The predicted octanol–water partition coefficient (Wildman–Crippen LogP) is 4.08. The van der Waals surface area contributed by atoms with Crippen LogP contribution in [0.4, 0.5) is 10.1 Å². The molecule has 0 heterocycles. The van der Waals surface area contributed by atoms with Gasteiger partial charge < -0.3 is 5.32 Å². The van der Waals surface area contributed by atoms with Crippen molar-refractivity contribution in [1.82, 2.24) is 0 Å². The number of anilines is 1. The van der Waals surface area contributed by atoms with Crippen LogP contribution in [-0.4, -0.2) is 11.7 Å². The Kier molecular flexibility index (Phi) is 4.56. The minimum atomic E-state index is -0.451. The molecule has 1 N–H and O–H groups in total. The van der Waals surface area contributed by atoms with Gasteiger partial charge in [-0.15, -0.1) is 0 Å². The van der Waals surface area contributed by atoms with Crippen LogP contribution in [0.3, 0.4) is 0 Å². The zero-order chi connectivity index (χ0) is 17.1. The molecular formula is C20H18FNO2. The second-order valence-corrected chi connectivity index (χ2v) is 6.05. The third-order valence-electron chi connectivity index (χ3n) is 4.32. The lowest BCUT2D eigenvalue weighted by atomic mass is 9.74. The fraction of sp³-hybridized carbons (Fsp3) is 0.200. The molecule has 0 saturated carbocycles. The van der Waals surface area contributed by atoms with Gasteiger partial charge in [0.15, 0.2) is 5.78 Å². The molecule has 1 aliphatic rings. The number of hydrogen-bond acceptors (Lipinski definition) is 2. The van der Waals surface area contributed by atoms with E-state index in [0.29, 0.717) is 5.69 Å². The number of benzene rings is 2. The van der Waals surface area contributed by atoms with Gasteiger partial charge in [0, 0.05) is 18.0 Å². The number of para-hydroxylation sites is 1. The standard InChI is InChI=1S/C20H18FNO2/c1-13-11-17(23)12-18(14-7-9-15(21)10-8-14)19(13)20(24)22-16-5-3-2-4-6-16/h2-11,18-19H,12H2,1H3,(H,22,24). The van der Waals surface area contributed by atoms with Crippen LogP contribution >= 0.6 is 0 Å². The highest BCUT2D eigenvalue weighted by molar-refractivity contribution is 6.00. The molecule has 2 atom stereocenters. The fourth-order valence-electron chi connectivity index (χ4n) is 3.21. The van der Waals surface area contributed by atoms with Crippen molar-refractivity contribution in [2.45, 2.75) is 19.3 Å². The maximum absolute atomic E-state index is 13.2. The van der Waals surface area contributed by atoms with Gasteiger partial charge in [-0.25, -0.2) is 4.39 Å². The molecule has 0 aliphatic heterocycles. The van der Waals surface area contributed by atoms with Gasteiger partial charge in [0.05, 0.1) is 5.92 Å². The lowest BCUT2D eigenvalue weighted by Gasteiger charge is -2.30. The van der Waals surface area contributed by atoms with Gasteiger partial charge in [-0.2, -0.15) is 0 Å². The van der Waals surface area contributed by atoms with Gasteiger partial charge >= 0.3 is 0 Å². The molecule has 3 rings (SSSR count). The van der Waals surface area contributed by atoms with Crippen molar-refractivity contribution >= 4 is 17.4 Å². The van der Waals surface area contributed by atoms with Crippen LogP contribution in [0, 0.1) is 11.7 Å². The molecule has 0 fully saturated rings. The van der Waals surface area contributed by atoms with E-state index in [-0.39, 0.29) is 29.8 Å². The number of allylic oxidation sites excluding steroid dienone is 1. The van der Waals surface area contributed by atoms with Crippen molar-refractivity contribution in [2.24, 2.45) is 5.92 Å². The first-order chi connectivity index (χ1) is 11.5. The molecule has 0 spiro atoms. The van der Waals surface area contributed by atoms with Crippen LogP contribution < -0.4 is 5.32 Å². The van der Waals surface area contributed by atoms with E-state index < -0.39 is 5.92 Å². The van der Waals surface area contributed by atoms with Crippen molar-refractivity contribution in [1.29, 1.82) is 0 Å². The summed E-state index contributed by atoms with van der Waals surface area (Å²) in [5.74, 6) is -1.24. The maximum atomic E-state index is 13.2. The number of nitrogens with one attached hydrogen (secondary N) is 1. The van der Waals surface area contributed by atoms with E-state index in [1.807, 2.05) is 30.3 Å². The summed E-state index contributed by atoms with van der Waals surface area (Å²) in [6.07, 6.45) is 1.78. The molecule has 0 radical (unpaired) electrons. The van der Waals surface area contributed by atoms with E-state index in [9.17, 15) is 14.0 Å². The van der Waals surface area contributed by atoms with Crippen LogP contribution in [0.1, 0.15) is 24.8 Å². The molecule has 2 unspecified atom stereocenters. The first-order valence-electron chi connectivity index (χ1n) is 7.87. The summed E-state index contributed by atoms with van der Waals surface area (Å²) in [5, 5.41) is 2.90. The lowest BCUT2D eigenvalue weighted by molar-refractivity contribution is -0.121. The maximum Gasteiger partial charge on any atom is 0.232 e. The molecule has 2 aromatic rings. The molecule has 2 aromatic carbocycles. The number of rotatable bonds is 3. The van der Waals surface area contributed by atoms with Gasteiger partial charge in [0.25, 0.3) is 0 Å². The Bertz CT molecular complexity index is 781. The van der Waals surface area contributed by atoms with Crippen molar-refractivity contribution in [3.8, 4) is 0 Å². The Morgan fingerprint density at radius 2 is 1.75 bits per heavy atom. The molecule has 1 amide bonds. The van der Waals surface area contributed by atoms with Gasteiger partial charge in [-0.1, -0.05) is 35.9 Å². The van der Waals surface area contributed by atoms with Crippen LogP contribution in [-0.2, 0) is 9.59 Å². The molecule has 4 heteroatoms. The molecule has 3 nitrogen and oxygen atoms in total. The summed E-state index contributed by atoms with van der Waals surface area (Å²) in [5.41, 5.74) is 2.24. The third kappa shape index (κ3) is 3.43. The highest BCUT2D eigenvalue weighted by Gasteiger charge is 2.35. The smallest absolute Gasteiger partial charge is 0.232 e. The molecule has 122 valence electrons. The molecule has 0 bridgehead atoms. The van der Waals surface area contributed by atoms with E-state index in [2.05, 4.69) is 5.32 Å². The predicted molar refractivity (Wildman–Crippen MR) is 91.1 cm³/mol. The quantitative estimate of drug-likeness (QED) is 0.925. The molecule has 1 aliphatic carbocycles. The van der Waals surface area contributed by atoms with E-state index in [0.717, 1.165) is 11.1 Å². The summed E-state index contributed by atoms with van der Waals surface area (Å²) in [6.45, 7) is 1.79. The summed E-state index contributed by atoms with van der Waals surface area (Å²) >= 11 is 0. The number of amides is 1. The van der Waals surface area contributed by atoms with E-state index in [1.165, 1.54) is 18.2 Å². The molecule has 24 heavy (non-hydrogen) atoms. The highest BCUT2D eigenvalue weighted by Crippen LogP contribution is 2.37. The number of hydrogen-bond donors (Lipinski definition) is 1. The number of halogens is 1. The van der Waals surface area contributed by atoms with Crippen molar-refractivity contribution < 1.29 is 14.0 Å². The van der Waals surface area contributed by atoms with Crippen LogP contribution in [0.2, 0.25) is 0 Å². The van der Waals surface area contributed by atoms with Gasteiger partial charge in [0.2, 0.25) is 5.91 Å². The lowest BCUT2D eigenvalue weighted by Crippen LogP contribution is -2.33. The summed E-state index contributed by atoms with van der Waals surface area (Å²) in [7, 11) is 0. The van der Waals surface area contributed by atoms with Crippen molar-refractivity contribution in [3.63, 3.8) is 0 Å². The molecular weight excluding hydrogens is 305 g/mol. The Morgan fingerprint density at radius 1 is 1.08 bits per heavy atom. The van der Waals surface area contributed by atoms with Crippen LogP contribution in [0.15, 0.2) is 66.2 Å². The molecule has 0 aromatic heterocycles. The monoisotopic (exact) mass is 323 g/mol. The van der Waals surface area contributed by atoms with Crippen LogP contribution in [0.5, 0.6) is 0 Å². The summed E-state index contributed by atoms with van der Waals surface area (Å²) in [4.78, 5) is 24.8. The number of carbonyl (C=O) groups excluding carboxylic acids is 2. The Balaban J connectivity index is 1.91. The SMILES string of the molecule is CC1=CC(=O)CC(c2ccc(F)cc2)C1C(=O)Nc1ccccc1. The van der Waals surface area contributed by atoms with Gasteiger partial charge in [-0.05, 0) is 42.8 Å². The first-order valence-corrected chi connectivity index (χ1v) is 7.87. The average molecular weight is 323 g/mol. The minimum Gasteiger partial charge on any atom is -0.326 e. The first kappa shape index (κ1) is 16.1. The summed E-state index contributed by atoms with van der Waals surface area (Å²) in [6, 6.07) is 15.2. The zero-order valence-corrected chi connectivity index (χ0v) is 13.3. The van der Waals surface area contributed by atoms with Gasteiger partial charge in [0.1, 0.15) is 5.82 Å². The summed E-state index contributed by atoms with van der Waals surface area (Å²) < 4.78 is 13.2. The normalized spacial score (nSPS) is 20.4. The zero-order valence-electron chi connectivity index (χ0n) is 13.3. The van der Waals surface area contributed by atoms with E-state index in [4.69, 9.17) is 0 Å². The Morgan fingerprint density at radius 3 is 2.42 bits per heavy atom.